The van der Waals surface area contributed by atoms with Gasteiger partial charge in [0.25, 0.3) is 0 Å². The van der Waals surface area contributed by atoms with Crippen molar-refractivity contribution >= 4 is 35.0 Å². The summed E-state index contributed by atoms with van der Waals surface area (Å²) in [5.41, 5.74) is 2.62. The molecule has 8 nitrogen and oxygen atoms in total. The van der Waals surface area contributed by atoms with Gasteiger partial charge in [-0.05, 0) is 131 Å². The first-order chi connectivity index (χ1) is 29.2. The van der Waals surface area contributed by atoms with Gasteiger partial charge in [0.15, 0.2) is 0 Å². The molecule has 1 aliphatic rings. The number of nitrogens with zero attached hydrogens (tertiary/aromatic N) is 5. The summed E-state index contributed by atoms with van der Waals surface area (Å²) in [5, 5.41) is 14.1. The van der Waals surface area contributed by atoms with Crippen molar-refractivity contribution in [3.63, 3.8) is 0 Å². The molecule has 0 spiro atoms. The maximum Gasteiger partial charge on any atom is 0.432 e. The number of carbonyl (C=O) groups excluding carboxylic acids is 2. The van der Waals surface area contributed by atoms with Gasteiger partial charge < -0.3 is 9.90 Å². The molecule has 354 valence electrons. The highest BCUT2D eigenvalue weighted by molar-refractivity contribution is 6.29. The van der Waals surface area contributed by atoms with Gasteiger partial charge in [-0.15, -0.1) is 0 Å². The van der Waals surface area contributed by atoms with E-state index in [9.17, 15) is 36.6 Å². The van der Waals surface area contributed by atoms with E-state index in [1.54, 1.807) is 39.8 Å². The van der Waals surface area contributed by atoms with Crippen LogP contribution in [0.3, 0.4) is 0 Å². The van der Waals surface area contributed by atoms with Gasteiger partial charge in [0.1, 0.15) is 28.5 Å². The Bertz CT molecular complexity index is 1890. The molecule has 1 saturated carbocycles. The first kappa shape index (κ1) is 57.2. The van der Waals surface area contributed by atoms with Gasteiger partial charge in [-0.25, -0.2) is 9.67 Å². The second kappa shape index (κ2) is 26.8. The van der Waals surface area contributed by atoms with Crippen molar-refractivity contribution in [2.75, 3.05) is 0 Å². The van der Waals surface area contributed by atoms with Crippen molar-refractivity contribution in [2.45, 2.75) is 178 Å². The highest BCUT2D eigenvalue weighted by Gasteiger charge is 2.38. The molecule has 0 bridgehead atoms. The molecular formula is C49H73ClF5N5O3. The molecule has 5 atom stereocenters. The number of Topliss-reactive ketones (excluding diaryl/α,β-unsaturated/α-hetero) is 1. The second-order valence-electron chi connectivity index (χ2n) is 18.1. The summed E-state index contributed by atoms with van der Waals surface area (Å²) in [7, 11) is 0. The Kier molecular flexibility index (Phi) is 24.3. The zero-order valence-electron chi connectivity index (χ0n) is 39.8. The first-order valence-electron chi connectivity index (χ1n) is 22.2. The lowest BCUT2D eigenvalue weighted by molar-refractivity contribution is -0.120. The Morgan fingerprint density at radius 2 is 1.65 bits per heavy atom. The number of allylic oxidation sites excluding steroid dienone is 2. The SMILES string of the molecule is CC(=O)C(C)Cc1cnn(C(F)F)c1.CCC(C)C=O.CCCC(C)(C)CC(CC)N=C(/C=C(\C)c1ccc(C(C)(C)O)nc1)C(F)(F)F.CCC[C@@H]1CC1c1ccc(Cl)nc1C. The number of aliphatic imine (C=N–C) groups is 1. The second-order valence-corrected chi connectivity index (χ2v) is 18.4. The Morgan fingerprint density at radius 1 is 1.00 bits per heavy atom. The normalized spacial score (nSPS) is 17.0. The van der Waals surface area contributed by atoms with E-state index in [0.717, 1.165) is 49.2 Å². The summed E-state index contributed by atoms with van der Waals surface area (Å²) < 4.78 is 65.8. The van der Waals surface area contributed by atoms with Gasteiger partial charge in [-0.1, -0.05) is 98.4 Å². The van der Waals surface area contributed by atoms with E-state index in [1.165, 1.54) is 50.3 Å². The van der Waals surface area contributed by atoms with Crippen LogP contribution >= 0.6 is 11.6 Å². The highest BCUT2D eigenvalue weighted by Crippen LogP contribution is 2.50. The van der Waals surface area contributed by atoms with Gasteiger partial charge in [0.05, 0.1) is 17.9 Å². The summed E-state index contributed by atoms with van der Waals surface area (Å²) in [6.07, 6.45) is 10.2. The molecule has 0 aliphatic heterocycles. The van der Waals surface area contributed by atoms with Crippen molar-refractivity contribution in [3.8, 4) is 0 Å². The van der Waals surface area contributed by atoms with Crippen LogP contribution in [-0.2, 0) is 21.6 Å². The van der Waals surface area contributed by atoms with Crippen LogP contribution in [0.15, 0.2) is 53.9 Å². The molecule has 4 rings (SSSR count). The van der Waals surface area contributed by atoms with Gasteiger partial charge in [-0.3, -0.25) is 14.8 Å². The number of hydrogen-bond donors (Lipinski definition) is 1. The summed E-state index contributed by atoms with van der Waals surface area (Å²) in [4.78, 5) is 33.2. The fraction of sp³-hybridized carbons (Fsp3) is 0.633. The van der Waals surface area contributed by atoms with E-state index in [4.69, 9.17) is 11.6 Å². The van der Waals surface area contributed by atoms with E-state index in [2.05, 4.69) is 60.7 Å². The number of aliphatic hydroxyl groups is 1. The number of aryl methyl sites for hydroxylation is 1. The number of aromatic nitrogens is 4. The van der Waals surface area contributed by atoms with Crippen LogP contribution in [0, 0.1) is 30.1 Å². The van der Waals surface area contributed by atoms with Crippen LogP contribution in [0.25, 0.3) is 5.57 Å². The van der Waals surface area contributed by atoms with Crippen molar-refractivity contribution in [1.82, 2.24) is 19.7 Å². The molecule has 0 saturated heterocycles. The third-order valence-electron chi connectivity index (χ3n) is 11.0. The van der Waals surface area contributed by atoms with E-state index in [0.29, 0.717) is 51.5 Å². The summed E-state index contributed by atoms with van der Waals surface area (Å²) in [6.45, 7) is 21.8. The standard InChI is InChI=1S/C23H35F3N2O.C12H16ClN.C9H12F2N2O.C5H10O/c1-8-12-21(4,5)14-18(9-2)28-20(23(24,25)26)13-16(3)17-10-11-19(27-15-17)22(6,7)29;1-3-4-9-7-11(9)10-5-6-12(13)14-8(10)2;1-6(7(2)14)3-8-4-12-13(5-8)9(10)11;1-3-5(2)4-6/h10-11,13,15,18,29H,8-9,12,14H2,1-7H3;5-6,9,11H,3-4,7H2,1-2H3;4-6,9H,3H2,1-2H3;4-5H,3H2,1-2H3/b16-13+,28-20?;;;/t;9-,11?;;/m.1../s1. The summed E-state index contributed by atoms with van der Waals surface area (Å²) in [6, 6.07) is 6.96. The minimum absolute atomic E-state index is 0.0504. The lowest BCUT2D eigenvalue weighted by Gasteiger charge is -2.27. The zero-order chi connectivity index (χ0) is 48.3. The highest BCUT2D eigenvalue weighted by atomic mass is 35.5. The van der Waals surface area contributed by atoms with Crippen molar-refractivity contribution in [3.05, 3.63) is 82.2 Å². The third kappa shape index (κ3) is 21.6. The van der Waals surface area contributed by atoms with Crippen molar-refractivity contribution < 1.29 is 36.6 Å². The van der Waals surface area contributed by atoms with Crippen LogP contribution in [-0.4, -0.2) is 54.9 Å². The third-order valence-corrected chi connectivity index (χ3v) is 11.2. The largest absolute Gasteiger partial charge is 0.432 e. The molecule has 63 heavy (non-hydrogen) atoms. The lowest BCUT2D eigenvalue weighted by atomic mass is 9.81. The Labute approximate surface area is 378 Å². The number of halogens is 6. The molecule has 3 aromatic heterocycles. The van der Waals surface area contributed by atoms with Crippen LogP contribution < -0.4 is 0 Å². The number of hydrogen-bond acceptors (Lipinski definition) is 7. The number of carbonyl (C=O) groups is 2. The minimum atomic E-state index is -4.52. The number of alkyl halides is 5. The molecule has 1 fully saturated rings. The topological polar surface area (TPSA) is 110 Å². The van der Waals surface area contributed by atoms with Crippen LogP contribution in [0.1, 0.15) is 175 Å². The zero-order valence-corrected chi connectivity index (χ0v) is 40.5. The molecule has 0 amide bonds. The van der Waals surface area contributed by atoms with Gasteiger partial charge in [0, 0.05) is 29.9 Å². The van der Waals surface area contributed by atoms with Gasteiger partial charge in [0.2, 0.25) is 0 Å². The quantitative estimate of drug-likeness (QED) is 0.0589. The van der Waals surface area contributed by atoms with Crippen molar-refractivity contribution in [2.24, 2.45) is 28.2 Å². The van der Waals surface area contributed by atoms with E-state index in [1.807, 2.05) is 26.8 Å². The van der Waals surface area contributed by atoms with Crippen LogP contribution in [0.5, 0.6) is 0 Å². The fourth-order valence-electron chi connectivity index (χ4n) is 6.80. The van der Waals surface area contributed by atoms with E-state index < -0.39 is 24.0 Å². The predicted octanol–water partition coefficient (Wildman–Crippen LogP) is 13.9. The monoisotopic (exact) mass is 910 g/mol. The smallest absolute Gasteiger partial charge is 0.384 e. The molecule has 14 heteroatoms. The fourth-order valence-corrected chi connectivity index (χ4v) is 6.99. The van der Waals surface area contributed by atoms with Gasteiger partial charge >= 0.3 is 12.7 Å². The molecule has 1 N–H and O–H groups in total. The molecule has 0 radical (unpaired) electrons. The molecule has 1 aliphatic carbocycles. The van der Waals surface area contributed by atoms with Crippen LogP contribution in [0.4, 0.5) is 22.0 Å². The van der Waals surface area contributed by atoms with Crippen LogP contribution in [0.2, 0.25) is 5.15 Å². The number of pyridine rings is 2. The average Bonchev–Trinajstić information content (AvgIpc) is 3.79. The molecule has 4 unspecified atom stereocenters. The minimum Gasteiger partial charge on any atom is -0.384 e. The average molecular weight is 911 g/mol. The number of rotatable bonds is 18. The van der Waals surface area contributed by atoms with Gasteiger partial charge in [-0.2, -0.15) is 27.1 Å². The van der Waals surface area contributed by atoms with E-state index in [-0.39, 0.29) is 29.1 Å². The molecule has 3 heterocycles. The molecular weight excluding hydrogens is 837 g/mol. The Hall–Kier alpha value is -3.84. The summed E-state index contributed by atoms with van der Waals surface area (Å²) in [5.74, 6) is 1.83. The predicted molar refractivity (Wildman–Crippen MR) is 246 cm³/mol. The Morgan fingerprint density at radius 3 is 2.08 bits per heavy atom. The maximum absolute atomic E-state index is 13.7. The molecule has 0 aromatic carbocycles. The Balaban J connectivity index is 0.000000483. The number of aldehydes is 1. The van der Waals surface area contributed by atoms with E-state index >= 15 is 0 Å². The first-order valence-corrected chi connectivity index (χ1v) is 22.5. The number of ketones is 1. The van der Waals surface area contributed by atoms with Crippen molar-refractivity contribution in [1.29, 1.82) is 0 Å². The maximum atomic E-state index is 13.7. The molecule has 3 aromatic rings. The lowest BCUT2D eigenvalue weighted by Crippen LogP contribution is -2.26. The summed E-state index contributed by atoms with van der Waals surface area (Å²) >= 11 is 5.83.